The highest BCUT2D eigenvalue weighted by Crippen LogP contribution is 2.28. The maximum absolute atomic E-state index is 11.4. The van der Waals surface area contributed by atoms with Gasteiger partial charge in [0.25, 0.3) is 0 Å². The molecule has 0 aromatic heterocycles. The third-order valence-electron chi connectivity index (χ3n) is 2.82. The van der Waals surface area contributed by atoms with Crippen LogP contribution in [-0.2, 0) is 9.59 Å². The van der Waals surface area contributed by atoms with Crippen molar-refractivity contribution in [3.05, 3.63) is 12.7 Å². The van der Waals surface area contributed by atoms with Gasteiger partial charge >= 0.3 is 5.97 Å². The molecule has 0 atom stereocenters. The number of hydrogen-bond acceptors (Lipinski definition) is 2. The van der Waals surface area contributed by atoms with Gasteiger partial charge in [-0.2, -0.15) is 0 Å². The molecule has 0 bridgehead atoms. The monoisotopic (exact) mass is 211 g/mol. The molecule has 0 saturated heterocycles. The van der Waals surface area contributed by atoms with Crippen molar-refractivity contribution in [1.29, 1.82) is 0 Å². The molecule has 1 amide bonds. The Bertz CT molecular complexity index is 267. The van der Waals surface area contributed by atoms with Crippen molar-refractivity contribution >= 4 is 11.9 Å². The maximum atomic E-state index is 11.4. The number of carboxylic acid groups (broad SMARTS) is 1. The molecule has 1 rings (SSSR count). The second-order valence-electron chi connectivity index (χ2n) is 3.99. The van der Waals surface area contributed by atoms with Crippen molar-refractivity contribution in [3.8, 4) is 0 Å². The first-order valence-corrected chi connectivity index (χ1v) is 5.26. The quantitative estimate of drug-likeness (QED) is 0.692. The van der Waals surface area contributed by atoms with E-state index in [9.17, 15) is 9.59 Å². The Labute approximate surface area is 89.4 Å². The van der Waals surface area contributed by atoms with Gasteiger partial charge in [0.2, 0.25) is 5.91 Å². The summed E-state index contributed by atoms with van der Waals surface area (Å²) in [7, 11) is 0. The molecule has 1 saturated carbocycles. The number of aliphatic carboxylic acids is 1. The van der Waals surface area contributed by atoms with Gasteiger partial charge in [-0.25, -0.2) is 4.79 Å². The molecule has 1 aliphatic rings. The fourth-order valence-corrected chi connectivity index (χ4v) is 2.00. The van der Waals surface area contributed by atoms with E-state index in [1.807, 2.05) is 0 Å². The van der Waals surface area contributed by atoms with E-state index in [2.05, 4.69) is 11.9 Å². The summed E-state index contributed by atoms with van der Waals surface area (Å²) in [5.74, 6) is -1.17. The molecule has 0 unspecified atom stereocenters. The van der Waals surface area contributed by atoms with E-state index in [0.717, 1.165) is 19.3 Å². The van der Waals surface area contributed by atoms with Crippen LogP contribution in [0, 0.1) is 0 Å². The number of amides is 1. The molecule has 0 spiro atoms. The SMILES string of the molecule is C=CCC(=O)NC1(C(=O)O)CCCCC1. The summed E-state index contributed by atoms with van der Waals surface area (Å²) in [6.07, 6.45) is 5.49. The van der Waals surface area contributed by atoms with Crippen molar-refractivity contribution in [2.75, 3.05) is 0 Å². The lowest BCUT2D eigenvalue weighted by molar-refractivity contribution is -0.149. The fraction of sp³-hybridized carbons (Fsp3) is 0.636. The van der Waals surface area contributed by atoms with Crippen LogP contribution in [0.25, 0.3) is 0 Å². The van der Waals surface area contributed by atoms with Gasteiger partial charge in [-0.3, -0.25) is 4.79 Å². The predicted molar refractivity (Wildman–Crippen MR) is 56.4 cm³/mol. The largest absolute Gasteiger partial charge is 0.480 e. The van der Waals surface area contributed by atoms with E-state index in [1.54, 1.807) is 0 Å². The molecule has 0 aliphatic heterocycles. The zero-order valence-corrected chi connectivity index (χ0v) is 8.79. The minimum atomic E-state index is -1.03. The van der Waals surface area contributed by atoms with Gasteiger partial charge < -0.3 is 10.4 Å². The molecule has 15 heavy (non-hydrogen) atoms. The van der Waals surface area contributed by atoms with Crippen LogP contribution in [0.5, 0.6) is 0 Å². The van der Waals surface area contributed by atoms with Crippen molar-refractivity contribution in [2.45, 2.75) is 44.1 Å². The van der Waals surface area contributed by atoms with Crippen molar-refractivity contribution in [2.24, 2.45) is 0 Å². The topological polar surface area (TPSA) is 66.4 Å². The first-order valence-electron chi connectivity index (χ1n) is 5.26. The summed E-state index contributed by atoms with van der Waals surface area (Å²) in [5, 5.41) is 11.8. The fourth-order valence-electron chi connectivity index (χ4n) is 2.00. The van der Waals surface area contributed by atoms with Crippen LogP contribution < -0.4 is 5.32 Å². The molecule has 1 fully saturated rings. The molecular weight excluding hydrogens is 194 g/mol. The van der Waals surface area contributed by atoms with E-state index in [-0.39, 0.29) is 12.3 Å². The lowest BCUT2D eigenvalue weighted by atomic mass is 9.81. The van der Waals surface area contributed by atoms with Crippen LogP contribution >= 0.6 is 0 Å². The Morgan fingerprint density at radius 1 is 1.33 bits per heavy atom. The highest BCUT2D eigenvalue weighted by molar-refractivity contribution is 5.87. The molecule has 1 aliphatic carbocycles. The lowest BCUT2D eigenvalue weighted by Crippen LogP contribution is -2.55. The Hall–Kier alpha value is -1.32. The number of rotatable bonds is 4. The average molecular weight is 211 g/mol. The van der Waals surface area contributed by atoms with Gasteiger partial charge in [0.1, 0.15) is 5.54 Å². The number of carbonyl (C=O) groups is 2. The summed E-state index contributed by atoms with van der Waals surface area (Å²) in [6, 6.07) is 0. The summed E-state index contributed by atoms with van der Waals surface area (Å²) in [6.45, 7) is 3.45. The van der Waals surface area contributed by atoms with E-state index < -0.39 is 11.5 Å². The average Bonchev–Trinajstić information content (AvgIpc) is 2.19. The molecule has 2 N–H and O–H groups in total. The van der Waals surface area contributed by atoms with Gasteiger partial charge in [0, 0.05) is 6.42 Å². The van der Waals surface area contributed by atoms with Crippen molar-refractivity contribution in [3.63, 3.8) is 0 Å². The first-order chi connectivity index (χ1) is 7.10. The molecule has 0 heterocycles. The Balaban J connectivity index is 2.68. The molecule has 84 valence electrons. The van der Waals surface area contributed by atoms with Crippen molar-refractivity contribution < 1.29 is 14.7 Å². The minimum absolute atomic E-state index is 0.176. The summed E-state index contributed by atoms with van der Waals surface area (Å²) in [4.78, 5) is 22.6. The van der Waals surface area contributed by atoms with E-state index in [0.29, 0.717) is 12.8 Å². The van der Waals surface area contributed by atoms with Crippen LogP contribution in [0.3, 0.4) is 0 Å². The number of carboxylic acids is 1. The number of nitrogens with one attached hydrogen (secondary N) is 1. The van der Waals surface area contributed by atoms with Gasteiger partial charge in [0.05, 0.1) is 0 Å². The standard InChI is InChI=1S/C11H17NO3/c1-2-6-9(13)12-11(10(14)15)7-4-3-5-8-11/h2H,1,3-8H2,(H,12,13)(H,14,15). The second kappa shape index (κ2) is 4.96. The third kappa shape index (κ3) is 2.81. The van der Waals surface area contributed by atoms with Gasteiger partial charge in [-0.05, 0) is 12.8 Å². The Morgan fingerprint density at radius 3 is 2.40 bits per heavy atom. The maximum Gasteiger partial charge on any atom is 0.329 e. The Morgan fingerprint density at radius 2 is 1.93 bits per heavy atom. The summed E-state index contributed by atoms with van der Waals surface area (Å²) < 4.78 is 0. The Kier molecular flexibility index (Phi) is 3.88. The second-order valence-corrected chi connectivity index (χ2v) is 3.99. The highest BCUT2D eigenvalue weighted by atomic mass is 16.4. The normalized spacial score (nSPS) is 19.2. The van der Waals surface area contributed by atoms with Crippen LogP contribution in [0.15, 0.2) is 12.7 Å². The molecule has 0 aromatic rings. The van der Waals surface area contributed by atoms with E-state index in [1.165, 1.54) is 6.08 Å². The zero-order valence-electron chi connectivity index (χ0n) is 8.79. The van der Waals surface area contributed by atoms with Gasteiger partial charge in [-0.1, -0.05) is 25.3 Å². The van der Waals surface area contributed by atoms with Crippen LogP contribution in [0.2, 0.25) is 0 Å². The lowest BCUT2D eigenvalue weighted by Gasteiger charge is -2.33. The highest BCUT2D eigenvalue weighted by Gasteiger charge is 2.40. The van der Waals surface area contributed by atoms with E-state index in [4.69, 9.17) is 5.11 Å². The smallest absolute Gasteiger partial charge is 0.329 e. The van der Waals surface area contributed by atoms with Crippen LogP contribution in [0.1, 0.15) is 38.5 Å². The summed E-state index contributed by atoms with van der Waals surface area (Å²) >= 11 is 0. The molecule has 4 nitrogen and oxygen atoms in total. The van der Waals surface area contributed by atoms with Gasteiger partial charge in [-0.15, -0.1) is 6.58 Å². The number of carbonyl (C=O) groups excluding carboxylic acids is 1. The van der Waals surface area contributed by atoms with Crippen LogP contribution in [-0.4, -0.2) is 22.5 Å². The molecular formula is C11H17NO3. The molecule has 4 heteroatoms. The third-order valence-corrected chi connectivity index (χ3v) is 2.82. The predicted octanol–water partition coefficient (Wildman–Crippen LogP) is 1.47. The minimum Gasteiger partial charge on any atom is -0.480 e. The number of hydrogen-bond donors (Lipinski definition) is 2. The molecule has 0 aromatic carbocycles. The molecule has 0 radical (unpaired) electrons. The van der Waals surface area contributed by atoms with Gasteiger partial charge in [0.15, 0.2) is 0 Å². The first kappa shape index (κ1) is 11.8. The van der Waals surface area contributed by atoms with E-state index >= 15 is 0 Å². The van der Waals surface area contributed by atoms with Crippen LogP contribution in [0.4, 0.5) is 0 Å². The van der Waals surface area contributed by atoms with Crippen molar-refractivity contribution in [1.82, 2.24) is 5.32 Å². The zero-order chi connectivity index (χ0) is 11.3. The summed E-state index contributed by atoms with van der Waals surface area (Å²) in [5.41, 5.74) is -1.03.